The number of aliphatic hydroxyl groups is 2. The van der Waals surface area contributed by atoms with Crippen molar-refractivity contribution in [2.45, 2.75) is 12.2 Å². The van der Waals surface area contributed by atoms with Gasteiger partial charge in [-0.3, -0.25) is 0 Å². The third-order valence-electron chi connectivity index (χ3n) is 1.02. The molecule has 0 aliphatic carbocycles. The Kier molecular flexibility index (Phi) is 11.1. The summed E-state index contributed by atoms with van der Waals surface area (Å²) in [6.45, 7) is 0. The van der Waals surface area contributed by atoms with Crippen LogP contribution in [0.5, 0.6) is 0 Å². The van der Waals surface area contributed by atoms with Crippen molar-refractivity contribution in [2.24, 2.45) is 0 Å². The molecule has 2 radical (unpaired) electrons. The first-order chi connectivity index (χ1) is 3.30. The van der Waals surface area contributed by atoms with Crippen molar-refractivity contribution in [3.8, 4) is 0 Å². The van der Waals surface area contributed by atoms with E-state index in [2.05, 4.69) is 0 Å². The van der Waals surface area contributed by atoms with E-state index < -0.39 is 12.2 Å². The van der Waals surface area contributed by atoms with Crippen LogP contribution in [0.3, 0.4) is 0 Å². The summed E-state index contributed by atoms with van der Waals surface area (Å²) in [6, 6.07) is 0. The number of aliphatic hydroxyl groups excluding tert-OH is 2. The Morgan fingerprint density at radius 3 is 1.44 bits per heavy atom. The fraction of sp³-hybridized carbons (Fsp3) is 1.00. The number of hydrogen-bond donors (Lipinski definition) is 2. The first-order valence-corrected chi connectivity index (χ1v) is 3.40. The van der Waals surface area contributed by atoms with Crippen LogP contribution in [0.15, 0.2) is 0 Å². The molecule has 1 aliphatic rings. The zero-order chi connectivity index (χ0) is 5.28. The van der Waals surface area contributed by atoms with Gasteiger partial charge in [0.05, 0.1) is 12.2 Å². The van der Waals surface area contributed by atoms with Crippen LogP contribution in [0.25, 0.3) is 0 Å². The van der Waals surface area contributed by atoms with E-state index in [9.17, 15) is 0 Å². The largest absolute Gasteiger partial charge is 0.390 e. The van der Waals surface area contributed by atoms with Crippen LogP contribution in [-0.4, -0.2) is 33.9 Å². The minimum atomic E-state index is -0.468. The second-order valence-electron chi connectivity index (χ2n) is 1.67. The third kappa shape index (κ3) is 4.84. The van der Waals surface area contributed by atoms with Crippen LogP contribution in [0.2, 0.25) is 0 Å². The van der Waals surface area contributed by atoms with Gasteiger partial charge in [-0.25, -0.2) is 0 Å². The summed E-state index contributed by atoms with van der Waals surface area (Å²) < 4.78 is 0. The molecule has 1 fully saturated rings. The summed E-state index contributed by atoms with van der Waals surface area (Å²) in [6.07, 6.45) is -0.935. The molecule has 0 aromatic rings. The molecule has 1 saturated heterocycles. The predicted molar refractivity (Wildman–Crippen MR) is 29.3 cm³/mol. The molecule has 0 bridgehead atoms. The molecule has 9 heavy (non-hydrogen) atoms. The van der Waals surface area contributed by atoms with E-state index in [1.807, 2.05) is 0 Å². The Hall–Kier alpha value is 2.48. The topological polar surface area (TPSA) is 40.5 Å². The van der Waals surface area contributed by atoms with E-state index in [4.69, 9.17) is 10.2 Å². The van der Waals surface area contributed by atoms with Crippen molar-refractivity contribution in [2.75, 3.05) is 11.5 Å². The van der Waals surface area contributed by atoms with Crippen molar-refractivity contribution < 1.29 is 75.6 Å². The summed E-state index contributed by atoms with van der Waals surface area (Å²) in [7, 11) is 0. The first-order valence-electron chi connectivity index (χ1n) is 2.24. The quantitative estimate of drug-likeness (QED) is 0.630. The molecule has 0 amide bonds. The Morgan fingerprint density at radius 1 is 1.00 bits per heavy atom. The van der Waals surface area contributed by atoms with E-state index in [1.54, 1.807) is 11.8 Å². The molecule has 1 rings (SSSR count). The van der Waals surface area contributed by atoms with Gasteiger partial charge >= 0.3 is 0 Å². The number of rotatable bonds is 0. The van der Waals surface area contributed by atoms with Crippen molar-refractivity contribution >= 4 is 11.8 Å². The van der Waals surface area contributed by atoms with Gasteiger partial charge in [0.25, 0.3) is 0 Å². The third-order valence-corrected chi connectivity index (χ3v) is 2.18. The maximum absolute atomic E-state index is 8.73. The molecule has 1 heterocycles. The predicted octanol–water partition coefficient (Wildman–Crippen LogP) is -0.550. The summed E-state index contributed by atoms with van der Waals surface area (Å²) in [4.78, 5) is 0. The standard InChI is InChI=1S/C4H8O2S.2Y/c5-3-1-7-2-4(3)6;;/h3-6H,1-2H2;;. The van der Waals surface area contributed by atoms with E-state index >= 15 is 0 Å². The minimum absolute atomic E-state index is 0. The van der Waals surface area contributed by atoms with Crippen LogP contribution in [0.1, 0.15) is 0 Å². The molecule has 2 unspecified atom stereocenters. The van der Waals surface area contributed by atoms with Gasteiger partial charge in [-0.05, 0) is 0 Å². The first kappa shape index (κ1) is 14.0. The molecule has 1 aliphatic heterocycles. The van der Waals surface area contributed by atoms with Gasteiger partial charge in [-0.1, -0.05) is 0 Å². The van der Waals surface area contributed by atoms with E-state index in [1.165, 1.54) is 0 Å². The van der Waals surface area contributed by atoms with Crippen molar-refractivity contribution in [1.82, 2.24) is 0 Å². The molecule has 0 saturated carbocycles. The summed E-state index contributed by atoms with van der Waals surface area (Å²) in [5.41, 5.74) is 0. The molecule has 0 spiro atoms. The molecule has 0 aromatic heterocycles. The Labute approximate surface area is 109 Å². The summed E-state index contributed by atoms with van der Waals surface area (Å²) >= 11 is 1.59. The van der Waals surface area contributed by atoms with Crippen LogP contribution >= 0.6 is 11.8 Å². The summed E-state index contributed by atoms with van der Waals surface area (Å²) in [5.74, 6) is 1.39. The summed E-state index contributed by atoms with van der Waals surface area (Å²) in [5, 5.41) is 17.5. The van der Waals surface area contributed by atoms with Crippen molar-refractivity contribution in [3.63, 3.8) is 0 Å². The van der Waals surface area contributed by atoms with Gasteiger partial charge in [0.15, 0.2) is 0 Å². The van der Waals surface area contributed by atoms with Crippen LogP contribution in [-0.2, 0) is 65.4 Å². The maximum Gasteiger partial charge on any atom is 0.0897 e. The molecule has 2 nitrogen and oxygen atoms in total. The normalized spacial score (nSPS) is 32.7. The fourth-order valence-electron chi connectivity index (χ4n) is 0.532. The Morgan fingerprint density at radius 2 is 1.33 bits per heavy atom. The molecule has 2 atom stereocenters. The monoisotopic (exact) mass is 298 g/mol. The molecule has 48 valence electrons. The van der Waals surface area contributed by atoms with Gasteiger partial charge in [0.2, 0.25) is 0 Å². The van der Waals surface area contributed by atoms with Crippen LogP contribution < -0.4 is 0 Å². The number of hydrogen-bond acceptors (Lipinski definition) is 3. The van der Waals surface area contributed by atoms with Gasteiger partial charge in [0, 0.05) is 76.9 Å². The van der Waals surface area contributed by atoms with Crippen molar-refractivity contribution in [1.29, 1.82) is 0 Å². The maximum atomic E-state index is 8.73. The fourth-order valence-corrected chi connectivity index (χ4v) is 1.60. The molecule has 2 N–H and O–H groups in total. The zero-order valence-corrected chi connectivity index (χ0v) is 11.5. The molecule has 0 aromatic carbocycles. The second-order valence-corrected chi connectivity index (χ2v) is 2.75. The van der Waals surface area contributed by atoms with Crippen LogP contribution in [0.4, 0.5) is 0 Å². The van der Waals surface area contributed by atoms with E-state index in [0.717, 1.165) is 0 Å². The van der Waals surface area contributed by atoms with Gasteiger partial charge in [-0.2, -0.15) is 11.8 Å². The second kappa shape index (κ2) is 7.14. The Bertz CT molecular complexity index is 65.6. The molecule has 5 heteroatoms. The molecular weight excluding hydrogens is 290 g/mol. The molecular formula is C4H8O2SY2. The average Bonchev–Trinajstić information content (AvgIpc) is 1.91. The number of thioether (sulfide) groups is 1. The minimum Gasteiger partial charge on any atom is -0.390 e. The average molecular weight is 298 g/mol. The Balaban J connectivity index is 0. The van der Waals surface area contributed by atoms with Gasteiger partial charge in [0.1, 0.15) is 0 Å². The zero-order valence-electron chi connectivity index (χ0n) is 5.03. The smallest absolute Gasteiger partial charge is 0.0897 e. The van der Waals surface area contributed by atoms with Gasteiger partial charge < -0.3 is 10.2 Å². The van der Waals surface area contributed by atoms with Gasteiger partial charge in [-0.15, -0.1) is 0 Å². The van der Waals surface area contributed by atoms with Crippen molar-refractivity contribution in [3.05, 3.63) is 0 Å². The van der Waals surface area contributed by atoms with Crippen LogP contribution in [0, 0.1) is 0 Å². The van der Waals surface area contributed by atoms with E-state index in [-0.39, 0.29) is 65.4 Å². The van der Waals surface area contributed by atoms with E-state index in [0.29, 0.717) is 11.5 Å². The SMILES string of the molecule is OC1CSCC1O.[Y].[Y].